The first-order chi connectivity index (χ1) is 6.25. The van der Waals surface area contributed by atoms with Gasteiger partial charge in [0.05, 0.1) is 0 Å². The first kappa shape index (κ1) is 8.51. The topological polar surface area (TPSA) is 32.3 Å². The Morgan fingerprint density at radius 1 is 1.38 bits per heavy atom. The van der Waals surface area contributed by atoms with Crippen LogP contribution in [0.25, 0.3) is 0 Å². The van der Waals surface area contributed by atoms with Crippen molar-refractivity contribution in [3.8, 4) is 5.75 Å². The van der Waals surface area contributed by atoms with Crippen LogP contribution in [-0.4, -0.2) is 11.7 Å². The van der Waals surface area contributed by atoms with Gasteiger partial charge in [-0.15, -0.1) is 0 Å². The number of phenols is 1. The summed E-state index contributed by atoms with van der Waals surface area (Å²) in [6.07, 6.45) is 2.13. The number of hydrogen-bond acceptors (Lipinski definition) is 2. The third-order valence-corrected chi connectivity index (χ3v) is 2.37. The summed E-state index contributed by atoms with van der Waals surface area (Å²) in [7, 11) is 0. The van der Waals surface area contributed by atoms with Gasteiger partial charge in [0, 0.05) is 12.1 Å². The zero-order chi connectivity index (χ0) is 9.26. The summed E-state index contributed by atoms with van der Waals surface area (Å²) < 4.78 is 12.9. The van der Waals surface area contributed by atoms with Crippen molar-refractivity contribution < 1.29 is 9.50 Å². The Morgan fingerprint density at radius 2 is 2.23 bits per heavy atom. The van der Waals surface area contributed by atoms with Gasteiger partial charge in [0.25, 0.3) is 0 Å². The summed E-state index contributed by atoms with van der Waals surface area (Å²) >= 11 is 0. The number of aromatic hydroxyl groups is 1. The molecule has 1 heterocycles. The molecule has 1 aromatic carbocycles. The lowest BCUT2D eigenvalue weighted by atomic mass is 10.1. The Kier molecular flexibility index (Phi) is 2.19. The molecule has 0 unspecified atom stereocenters. The molecular weight excluding hydrogens is 169 g/mol. The second-order valence-electron chi connectivity index (χ2n) is 3.39. The number of benzene rings is 1. The monoisotopic (exact) mass is 181 g/mol. The molecule has 0 aromatic heterocycles. The molecule has 70 valence electrons. The van der Waals surface area contributed by atoms with Gasteiger partial charge in [0.15, 0.2) is 0 Å². The molecule has 1 aliphatic rings. The fraction of sp³-hybridized carbons (Fsp3) is 0.400. The SMILES string of the molecule is Oc1cc(F)cc([C@H]2CCCN2)c1. The van der Waals surface area contributed by atoms with Gasteiger partial charge in [-0.1, -0.05) is 0 Å². The standard InChI is InChI=1S/C10H12FNO/c11-8-4-7(5-9(13)6-8)10-2-1-3-12-10/h4-6,10,12-13H,1-3H2/t10-/m1/s1. The van der Waals surface area contributed by atoms with Crippen LogP contribution in [0.4, 0.5) is 4.39 Å². The van der Waals surface area contributed by atoms with Gasteiger partial charge in [-0.3, -0.25) is 0 Å². The van der Waals surface area contributed by atoms with E-state index < -0.39 is 0 Å². The summed E-state index contributed by atoms with van der Waals surface area (Å²) in [5.41, 5.74) is 0.843. The van der Waals surface area contributed by atoms with E-state index in [1.54, 1.807) is 6.07 Å². The van der Waals surface area contributed by atoms with E-state index in [2.05, 4.69) is 5.32 Å². The van der Waals surface area contributed by atoms with Crippen molar-refractivity contribution in [2.45, 2.75) is 18.9 Å². The Balaban J connectivity index is 2.28. The van der Waals surface area contributed by atoms with Crippen LogP contribution in [0.5, 0.6) is 5.75 Å². The highest BCUT2D eigenvalue weighted by Gasteiger charge is 2.16. The normalized spacial score (nSPS) is 22.1. The molecule has 1 aliphatic heterocycles. The maximum absolute atomic E-state index is 12.9. The van der Waals surface area contributed by atoms with Crippen LogP contribution in [0.15, 0.2) is 18.2 Å². The number of halogens is 1. The fourth-order valence-corrected chi connectivity index (χ4v) is 1.77. The molecule has 1 atom stereocenters. The molecule has 13 heavy (non-hydrogen) atoms. The van der Waals surface area contributed by atoms with Crippen LogP contribution in [0.3, 0.4) is 0 Å². The lowest BCUT2D eigenvalue weighted by Gasteiger charge is -2.10. The summed E-state index contributed by atoms with van der Waals surface area (Å²) in [6.45, 7) is 0.974. The molecule has 2 rings (SSSR count). The lowest BCUT2D eigenvalue weighted by Crippen LogP contribution is -2.12. The average molecular weight is 181 g/mol. The van der Waals surface area contributed by atoms with Crippen LogP contribution >= 0.6 is 0 Å². The van der Waals surface area contributed by atoms with Gasteiger partial charge < -0.3 is 10.4 Å². The van der Waals surface area contributed by atoms with E-state index in [1.165, 1.54) is 6.07 Å². The molecule has 3 heteroatoms. The van der Waals surface area contributed by atoms with E-state index in [4.69, 9.17) is 0 Å². The average Bonchev–Trinajstić information content (AvgIpc) is 2.53. The molecule has 0 bridgehead atoms. The molecule has 0 aliphatic carbocycles. The third kappa shape index (κ3) is 1.80. The van der Waals surface area contributed by atoms with Crippen LogP contribution in [0.2, 0.25) is 0 Å². The summed E-state index contributed by atoms with van der Waals surface area (Å²) in [5, 5.41) is 12.4. The Labute approximate surface area is 76.4 Å². The molecular formula is C10H12FNO. The highest BCUT2D eigenvalue weighted by atomic mass is 19.1. The Bertz CT molecular complexity index is 288. The number of nitrogens with one attached hydrogen (secondary N) is 1. The van der Waals surface area contributed by atoms with Crippen LogP contribution < -0.4 is 5.32 Å². The predicted octanol–water partition coefficient (Wildman–Crippen LogP) is 1.96. The van der Waals surface area contributed by atoms with Crippen molar-refractivity contribution in [3.63, 3.8) is 0 Å². The molecule has 0 saturated carbocycles. The molecule has 0 spiro atoms. The zero-order valence-corrected chi connectivity index (χ0v) is 7.26. The molecule has 1 aromatic rings. The zero-order valence-electron chi connectivity index (χ0n) is 7.26. The molecule has 0 radical (unpaired) electrons. The van der Waals surface area contributed by atoms with E-state index in [1.807, 2.05) is 0 Å². The van der Waals surface area contributed by atoms with Crippen molar-refractivity contribution in [2.75, 3.05) is 6.54 Å². The highest BCUT2D eigenvalue weighted by Crippen LogP contribution is 2.26. The minimum absolute atomic E-state index is 0.00343. The van der Waals surface area contributed by atoms with Crippen molar-refractivity contribution in [2.24, 2.45) is 0 Å². The number of phenolic OH excluding ortho intramolecular Hbond substituents is 1. The quantitative estimate of drug-likeness (QED) is 0.694. The third-order valence-electron chi connectivity index (χ3n) is 2.37. The van der Waals surface area contributed by atoms with Gasteiger partial charge in [-0.05, 0) is 37.1 Å². The van der Waals surface area contributed by atoms with E-state index in [0.717, 1.165) is 31.0 Å². The highest BCUT2D eigenvalue weighted by molar-refractivity contribution is 5.30. The van der Waals surface area contributed by atoms with E-state index in [-0.39, 0.29) is 17.6 Å². The maximum Gasteiger partial charge on any atom is 0.127 e. The summed E-state index contributed by atoms with van der Waals surface area (Å²) in [5.74, 6) is -0.368. The second-order valence-corrected chi connectivity index (χ2v) is 3.39. The van der Waals surface area contributed by atoms with Gasteiger partial charge in [0.2, 0.25) is 0 Å². The lowest BCUT2D eigenvalue weighted by molar-refractivity contribution is 0.466. The van der Waals surface area contributed by atoms with E-state index in [9.17, 15) is 9.50 Å². The van der Waals surface area contributed by atoms with Gasteiger partial charge in [-0.2, -0.15) is 0 Å². The maximum atomic E-state index is 12.9. The van der Waals surface area contributed by atoms with Gasteiger partial charge >= 0.3 is 0 Å². The van der Waals surface area contributed by atoms with Gasteiger partial charge in [-0.25, -0.2) is 4.39 Å². The molecule has 1 saturated heterocycles. The van der Waals surface area contributed by atoms with E-state index >= 15 is 0 Å². The predicted molar refractivity (Wildman–Crippen MR) is 48.0 cm³/mol. The van der Waals surface area contributed by atoms with Crippen molar-refractivity contribution in [1.29, 1.82) is 0 Å². The van der Waals surface area contributed by atoms with Crippen molar-refractivity contribution in [1.82, 2.24) is 5.32 Å². The first-order valence-electron chi connectivity index (χ1n) is 4.48. The van der Waals surface area contributed by atoms with E-state index in [0.29, 0.717) is 0 Å². The fourth-order valence-electron chi connectivity index (χ4n) is 1.77. The first-order valence-corrected chi connectivity index (χ1v) is 4.48. The number of hydrogen-bond donors (Lipinski definition) is 2. The second kappa shape index (κ2) is 3.34. The Morgan fingerprint density at radius 3 is 2.85 bits per heavy atom. The molecule has 2 N–H and O–H groups in total. The minimum Gasteiger partial charge on any atom is -0.508 e. The van der Waals surface area contributed by atoms with Crippen molar-refractivity contribution >= 4 is 0 Å². The molecule has 1 fully saturated rings. The summed E-state index contributed by atoms with van der Waals surface area (Å²) in [4.78, 5) is 0. The summed E-state index contributed by atoms with van der Waals surface area (Å²) in [6, 6.07) is 4.43. The Hall–Kier alpha value is -1.09. The van der Waals surface area contributed by atoms with Crippen LogP contribution in [-0.2, 0) is 0 Å². The molecule has 0 amide bonds. The van der Waals surface area contributed by atoms with Crippen LogP contribution in [0.1, 0.15) is 24.4 Å². The van der Waals surface area contributed by atoms with Gasteiger partial charge in [0.1, 0.15) is 11.6 Å². The van der Waals surface area contributed by atoms with Crippen molar-refractivity contribution in [3.05, 3.63) is 29.6 Å². The number of rotatable bonds is 1. The van der Waals surface area contributed by atoms with Crippen LogP contribution in [0, 0.1) is 5.82 Å². The minimum atomic E-state index is -0.372. The molecule has 2 nitrogen and oxygen atoms in total. The largest absolute Gasteiger partial charge is 0.508 e. The smallest absolute Gasteiger partial charge is 0.127 e.